The van der Waals surface area contributed by atoms with E-state index in [9.17, 15) is 19.1 Å². The minimum Gasteiger partial charge on any atom is -0.507 e. The normalized spacial score (nSPS) is 17.7. The summed E-state index contributed by atoms with van der Waals surface area (Å²) in [7, 11) is 1.57. The summed E-state index contributed by atoms with van der Waals surface area (Å²) in [5.74, 6) is -1.63. The Labute approximate surface area is 187 Å². The van der Waals surface area contributed by atoms with Crippen LogP contribution in [0.15, 0.2) is 54.1 Å². The summed E-state index contributed by atoms with van der Waals surface area (Å²) in [5.41, 5.74) is 0.894. The molecule has 1 aliphatic heterocycles. The summed E-state index contributed by atoms with van der Waals surface area (Å²) in [4.78, 5) is 27.3. The Balaban J connectivity index is 2.05. The Morgan fingerprint density at radius 1 is 1.09 bits per heavy atom. The van der Waals surface area contributed by atoms with E-state index in [1.54, 1.807) is 25.3 Å². The number of Topliss-reactive ketones (excluding diaryl/α,β-unsaturated/α-hetero) is 1. The Bertz CT molecular complexity index is 986. The third-order valence-electron chi connectivity index (χ3n) is 5.35. The van der Waals surface area contributed by atoms with E-state index < -0.39 is 23.5 Å². The lowest BCUT2D eigenvalue weighted by Gasteiger charge is -2.25. The molecule has 0 radical (unpaired) electrons. The first-order chi connectivity index (χ1) is 15.5. The van der Waals surface area contributed by atoms with E-state index >= 15 is 0 Å². The minimum absolute atomic E-state index is 0.0234. The van der Waals surface area contributed by atoms with Crippen molar-refractivity contribution >= 4 is 17.4 Å². The molecule has 1 saturated heterocycles. The monoisotopic (exact) mass is 441 g/mol. The maximum Gasteiger partial charge on any atom is 0.295 e. The minimum atomic E-state index is -0.786. The fraction of sp³-hybridized carbons (Fsp3) is 0.360. The van der Waals surface area contributed by atoms with E-state index in [2.05, 4.69) is 6.92 Å². The second-order valence-electron chi connectivity index (χ2n) is 7.62. The van der Waals surface area contributed by atoms with Crippen molar-refractivity contribution in [1.29, 1.82) is 0 Å². The van der Waals surface area contributed by atoms with Crippen LogP contribution in [-0.4, -0.2) is 48.6 Å². The molecule has 32 heavy (non-hydrogen) atoms. The molecular formula is C25H28FNO5. The largest absolute Gasteiger partial charge is 0.507 e. The highest BCUT2D eigenvalue weighted by Gasteiger charge is 2.45. The fourth-order valence-corrected chi connectivity index (χ4v) is 3.71. The number of unbranched alkanes of at least 4 members (excludes halogenated alkanes) is 1. The lowest BCUT2D eigenvalue weighted by Crippen LogP contribution is -2.31. The van der Waals surface area contributed by atoms with Crippen molar-refractivity contribution in [3.05, 3.63) is 71.0 Å². The van der Waals surface area contributed by atoms with Crippen LogP contribution in [0.5, 0.6) is 5.75 Å². The van der Waals surface area contributed by atoms with Crippen LogP contribution in [-0.2, 0) is 14.3 Å². The molecule has 0 spiro atoms. The SMILES string of the molecule is CCCCOc1cccc(C2C(=C(O)c3ccc(F)cc3)C(=O)C(=O)N2CCCOC)c1. The van der Waals surface area contributed by atoms with Gasteiger partial charge < -0.3 is 19.5 Å². The molecule has 1 heterocycles. The van der Waals surface area contributed by atoms with E-state index in [4.69, 9.17) is 9.47 Å². The van der Waals surface area contributed by atoms with Crippen LogP contribution in [0.2, 0.25) is 0 Å². The lowest BCUT2D eigenvalue weighted by atomic mass is 9.95. The van der Waals surface area contributed by atoms with Gasteiger partial charge in [0.05, 0.1) is 18.2 Å². The van der Waals surface area contributed by atoms with Gasteiger partial charge in [-0.2, -0.15) is 0 Å². The number of aliphatic hydroxyl groups excluding tert-OH is 1. The lowest BCUT2D eigenvalue weighted by molar-refractivity contribution is -0.140. The summed E-state index contributed by atoms with van der Waals surface area (Å²) in [6.45, 7) is 3.34. The van der Waals surface area contributed by atoms with Crippen LogP contribution in [0.1, 0.15) is 43.4 Å². The number of ketones is 1. The Morgan fingerprint density at radius 3 is 2.53 bits per heavy atom. The van der Waals surface area contributed by atoms with E-state index in [1.807, 2.05) is 6.07 Å². The molecule has 0 aliphatic carbocycles. The number of rotatable bonds is 10. The number of hydrogen-bond acceptors (Lipinski definition) is 5. The van der Waals surface area contributed by atoms with Gasteiger partial charge in [-0.3, -0.25) is 9.59 Å². The molecule has 6 nitrogen and oxygen atoms in total. The Morgan fingerprint density at radius 2 is 1.84 bits per heavy atom. The molecule has 7 heteroatoms. The number of nitrogens with zero attached hydrogens (tertiary/aromatic N) is 1. The second kappa shape index (κ2) is 10.9. The van der Waals surface area contributed by atoms with Crippen LogP contribution in [0.4, 0.5) is 4.39 Å². The predicted molar refractivity (Wildman–Crippen MR) is 119 cm³/mol. The summed E-state index contributed by atoms with van der Waals surface area (Å²) in [5, 5.41) is 11.0. The smallest absolute Gasteiger partial charge is 0.295 e. The first kappa shape index (κ1) is 23.5. The van der Waals surface area contributed by atoms with Gasteiger partial charge in [0.15, 0.2) is 0 Å². The summed E-state index contributed by atoms with van der Waals surface area (Å²) in [6.07, 6.45) is 2.44. The second-order valence-corrected chi connectivity index (χ2v) is 7.62. The molecule has 170 valence electrons. The van der Waals surface area contributed by atoms with Gasteiger partial charge in [-0.15, -0.1) is 0 Å². The van der Waals surface area contributed by atoms with Crippen LogP contribution >= 0.6 is 0 Å². The zero-order valence-corrected chi connectivity index (χ0v) is 18.3. The molecule has 1 N–H and O–H groups in total. The van der Waals surface area contributed by atoms with E-state index in [-0.39, 0.29) is 23.4 Å². The van der Waals surface area contributed by atoms with Crippen molar-refractivity contribution < 1.29 is 28.6 Å². The van der Waals surface area contributed by atoms with Crippen LogP contribution in [0.3, 0.4) is 0 Å². The fourth-order valence-electron chi connectivity index (χ4n) is 3.71. The summed E-state index contributed by atoms with van der Waals surface area (Å²) >= 11 is 0. The van der Waals surface area contributed by atoms with Gasteiger partial charge in [-0.1, -0.05) is 25.5 Å². The molecule has 2 aromatic rings. The third kappa shape index (κ3) is 5.16. The molecule has 1 atom stereocenters. The van der Waals surface area contributed by atoms with Crippen molar-refractivity contribution in [3.63, 3.8) is 0 Å². The molecule has 0 bridgehead atoms. The number of ether oxygens (including phenoxy) is 2. The van der Waals surface area contributed by atoms with Crippen molar-refractivity contribution in [3.8, 4) is 5.75 Å². The number of benzene rings is 2. The number of aliphatic hydroxyl groups is 1. The van der Waals surface area contributed by atoms with Crippen molar-refractivity contribution in [2.75, 3.05) is 26.9 Å². The highest BCUT2D eigenvalue weighted by atomic mass is 19.1. The predicted octanol–water partition coefficient (Wildman–Crippen LogP) is 4.46. The number of hydrogen-bond donors (Lipinski definition) is 1. The average molecular weight is 441 g/mol. The average Bonchev–Trinajstić information content (AvgIpc) is 3.05. The molecule has 2 aromatic carbocycles. The highest BCUT2D eigenvalue weighted by Crippen LogP contribution is 2.40. The van der Waals surface area contributed by atoms with Crippen molar-refractivity contribution in [2.45, 2.75) is 32.2 Å². The Hall–Kier alpha value is -3.19. The van der Waals surface area contributed by atoms with Crippen LogP contribution in [0.25, 0.3) is 5.76 Å². The topological polar surface area (TPSA) is 76.1 Å². The number of carbonyl (C=O) groups is 2. The molecule has 0 saturated carbocycles. The number of amides is 1. The molecule has 1 amide bonds. The molecule has 0 aromatic heterocycles. The van der Waals surface area contributed by atoms with Crippen molar-refractivity contribution in [1.82, 2.24) is 4.90 Å². The first-order valence-electron chi connectivity index (χ1n) is 10.7. The van der Waals surface area contributed by atoms with Crippen LogP contribution in [0, 0.1) is 5.82 Å². The quantitative estimate of drug-likeness (QED) is 0.255. The molecule has 1 aliphatic rings. The maximum atomic E-state index is 13.4. The summed E-state index contributed by atoms with van der Waals surface area (Å²) in [6, 6.07) is 11.6. The first-order valence-corrected chi connectivity index (χ1v) is 10.7. The van der Waals surface area contributed by atoms with Crippen molar-refractivity contribution in [2.24, 2.45) is 0 Å². The number of methoxy groups -OCH3 is 1. The zero-order valence-electron chi connectivity index (χ0n) is 18.3. The van der Waals surface area contributed by atoms with Gasteiger partial charge in [-0.25, -0.2) is 4.39 Å². The number of likely N-dealkylation sites (tertiary alicyclic amines) is 1. The van der Waals surface area contributed by atoms with E-state index in [1.165, 1.54) is 29.2 Å². The van der Waals surface area contributed by atoms with Gasteiger partial charge in [0, 0.05) is 25.8 Å². The maximum absolute atomic E-state index is 13.4. The van der Waals surface area contributed by atoms with Gasteiger partial charge >= 0.3 is 0 Å². The molecule has 1 unspecified atom stereocenters. The van der Waals surface area contributed by atoms with Gasteiger partial charge in [0.1, 0.15) is 17.3 Å². The highest BCUT2D eigenvalue weighted by molar-refractivity contribution is 6.46. The van der Waals surface area contributed by atoms with Gasteiger partial charge in [0.25, 0.3) is 11.7 Å². The zero-order chi connectivity index (χ0) is 23.1. The molecule has 1 fully saturated rings. The van der Waals surface area contributed by atoms with Crippen LogP contribution < -0.4 is 4.74 Å². The standard InChI is InChI=1S/C25H28FNO5/c1-3-4-15-32-20-8-5-7-18(16-20)22-21(23(28)17-9-11-19(26)12-10-17)24(29)25(30)27(22)13-6-14-31-2/h5,7-12,16,22,28H,3-4,6,13-15H2,1-2H3. The van der Waals surface area contributed by atoms with Gasteiger partial charge in [0.2, 0.25) is 0 Å². The van der Waals surface area contributed by atoms with E-state index in [0.717, 1.165) is 12.8 Å². The third-order valence-corrected chi connectivity index (χ3v) is 5.35. The summed E-state index contributed by atoms with van der Waals surface area (Å²) < 4.78 is 24.3. The van der Waals surface area contributed by atoms with Gasteiger partial charge in [-0.05, 0) is 54.8 Å². The molecular weight excluding hydrogens is 413 g/mol. The number of carbonyl (C=O) groups excluding carboxylic acids is 2. The number of halogens is 1. The Kier molecular flexibility index (Phi) is 8.00. The molecule has 3 rings (SSSR count). The van der Waals surface area contributed by atoms with E-state index in [0.29, 0.717) is 30.9 Å².